The van der Waals surface area contributed by atoms with Gasteiger partial charge in [-0.2, -0.15) is 0 Å². The number of benzene rings is 1. The van der Waals surface area contributed by atoms with Crippen LogP contribution in [0.2, 0.25) is 0 Å². The zero-order chi connectivity index (χ0) is 13.5. The first-order valence-corrected chi connectivity index (χ1v) is 8.04. The van der Waals surface area contributed by atoms with Crippen LogP contribution in [0.15, 0.2) is 30.3 Å². The normalized spacial score (nSPS) is 16.8. The lowest BCUT2D eigenvalue weighted by molar-refractivity contribution is 0.482. The molecular formula is C18H29N. The zero-order valence-corrected chi connectivity index (χ0v) is 12.6. The molecule has 1 N–H and O–H groups in total. The molecule has 1 aliphatic carbocycles. The van der Waals surface area contributed by atoms with Crippen molar-refractivity contribution < 1.29 is 0 Å². The van der Waals surface area contributed by atoms with E-state index < -0.39 is 0 Å². The molecule has 0 spiro atoms. The monoisotopic (exact) mass is 259 g/mol. The van der Waals surface area contributed by atoms with Gasteiger partial charge in [0.1, 0.15) is 0 Å². The molecule has 0 radical (unpaired) electrons. The lowest BCUT2D eigenvalue weighted by atomic mass is 9.92. The van der Waals surface area contributed by atoms with E-state index in [9.17, 15) is 0 Å². The summed E-state index contributed by atoms with van der Waals surface area (Å²) < 4.78 is 0. The highest BCUT2D eigenvalue weighted by Gasteiger charge is 2.22. The minimum Gasteiger partial charge on any atom is -0.313 e. The molecule has 0 aliphatic heterocycles. The molecule has 1 saturated carbocycles. The van der Waals surface area contributed by atoms with Crippen molar-refractivity contribution in [2.75, 3.05) is 6.54 Å². The maximum Gasteiger partial charge on any atom is 0.00684 e. The van der Waals surface area contributed by atoms with Crippen LogP contribution in [0.25, 0.3) is 0 Å². The standard InChI is InChI=1S/C18H29N/c1-15(2)8-6-7-11-17(14-19-18-12-13-18)16-9-4-3-5-10-16/h3-5,9-10,15,17-19H,6-8,11-14H2,1-2H3. The molecule has 0 amide bonds. The molecule has 1 aromatic carbocycles. The number of hydrogen-bond acceptors (Lipinski definition) is 1. The highest BCUT2D eigenvalue weighted by Crippen LogP contribution is 2.25. The summed E-state index contributed by atoms with van der Waals surface area (Å²) in [6.07, 6.45) is 8.21. The Balaban J connectivity index is 1.79. The Labute approximate surface area is 118 Å². The second-order valence-corrected chi connectivity index (χ2v) is 6.47. The van der Waals surface area contributed by atoms with Crippen LogP contribution in [0.3, 0.4) is 0 Å². The van der Waals surface area contributed by atoms with Gasteiger partial charge >= 0.3 is 0 Å². The third kappa shape index (κ3) is 5.78. The van der Waals surface area contributed by atoms with E-state index in [1.807, 2.05) is 0 Å². The van der Waals surface area contributed by atoms with Crippen molar-refractivity contribution >= 4 is 0 Å². The van der Waals surface area contributed by atoms with Crippen molar-refractivity contribution in [3.05, 3.63) is 35.9 Å². The molecule has 0 bridgehead atoms. The summed E-state index contributed by atoms with van der Waals surface area (Å²) in [4.78, 5) is 0. The smallest absolute Gasteiger partial charge is 0.00684 e. The van der Waals surface area contributed by atoms with Gasteiger partial charge in [0.15, 0.2) is 0 Å². The van der Waals surface area contributed by atoms with E-state index in [0.29, 0.717) is 5.92 Å². The van der Waals surface area contributed by atoms with Gasteiger partial charge in [0.2, 0.25) is 0 Å². The summed E-state index contributed by atoms with van der Waals surface area (Å²) in [5.74, 6) is 1.55. The van der Waals surface area contributed by atoms with Crippen LogP contribution >= 0.6 is 0 Å². The first kappa shape index (κ1) is 14.6. The molecular weight excluding hydrogens is 230 g/mol. The second kappa shape index (κ2) is 7.69. The average molecular weight is 259 g/mol. The van der Waals surface area contributed by atoms with Crippen molar-refractivity contribution in [1.82, 2.24) is 5.32 Å². The van der Waals surface area contributed by atoms with Crippen molar-refractivity contribution in [2.45, 2.75) is 64.3 Å². The molecule has 0 heterocycles. The minimum absolute atomic E-state index is 0.703. The Hall–Kier alpha value is -0.820. The van der Waals surface area contributed by atoms with Gasteiger partial charge in [-0.05, 0) is 36.7 Å². The fourth-order valence-electron chi connectivity index (χ4n) is 2.65. The van der Waals surface area contributed by atoms with Crippen LogP contribution < -0.4 is 5.32 Å². The molecule has 1 aliphatic rings. The van der Waals surface area contributed by atoms with Crippen molar-refractivity contribution in [2.24, 2.45) is 5.92 Å². The zero-order valence-electron chi connectivity index (χ0n) is 12.6. The van der Waals surface area contributed by atoms with Crippen LogP contribution in [0.4, 0.5) is 0 Å². The highest BCUT2D eigenvalue weighted by molar-refractivity contribution is 5.20. The molecule has 2 rings (SSSR count). The molecule has 1 heteroatoms. The Morgan fingerprint density at radius 1 is 1.05 bits per heavy atom. The molecule has 19 heavy (non-hydrogen) atoms. The summed E-state index contributed by atoms with van der Waals surface area (Å²) in [5, 5.41) is 3.70. The summed E-state index contributed by atoms with van der Waals surface area (Å²) in [6.45, 7) is 5.81. The number of unbranched alkanes of at least 4 members (excludes halogenated alkanes) is 1. The van der Waals surface area contributed by atoms with Gasteiger partial charge in [-0.15, -0.1) is 0 Å². The summed E-state index contributed by atoms with van der Waals surface area (Å²) in [5.41, 5.74) is 1.51. The SMILES string of the molecule is CC(C)CCCCC(CNC1CC1)c1ccccc1. The third-order valence-electron chi connectivity index (χ3n) is 4.09. The number of nitrogens with one attached hydrogen (secondary N) is 1. The summed E-state index contributed by atoms with van der Waals surface area (Å²) in [7, 11) is 0. The van der Waals surface area contributed by atoms with Gasteiger partial charge in [-0.3, -0.25) is 0 Å². The van der Waals surface area contributed by atoms with Crippen LogP contribution in [-0.4, -0.2) is 12.6 Å². The van der Waals surface area contributed by atoms with Crippen molar-refractivity contribution in [1.29, 1.82) is 0 Å². The molecule has 1 aromatic rings. The fourth-order valence-corrected chi connectivity index (χ4v) is 2.65. The van der Waals surface area contributed by atoms with E-state index >= 15 is 0 Å². The lowest BCUT2D eigenvalue weighted by Crippen LogP contribution is -2.23. The van der Waals surface area contributed by atoms with E-state index in [1.54, 1.807) is 0 Å². The Kier molecular flexibility index (Phi) is 5.91. The van der Waals surface area contributed by atoms with Gasteiger partial charge in [0.05, 0.1) is 0 Å². The molecule has 106 valence electrons. The maximum absolute atomic E-state index is 3.70. The van der Waals surface area contributed by atoms with Crippen molar-refractivity contribution in [3.63, 3.8) is 0 Å². The van der Waals surface area contributed by atoms with Crippen LogP contribution in [-0.2, 0) is 0 Å². The van der Waals surface area contributed by atoms with E-state index in [4.69, 9.17) is 0 Å². The second-order valence-electron chi connectivity index (χ2n) is 6.47. The predicted molar refractivity (Wildman–Crippen MR) is 83.5 cm³/mol. The molecule has 1 fully saturated rings. The van der Waals surface area contributed by atoms with Gasteiger partial charge in [0.25, 0.3) is 0 Å². The first-order chi connectivity index (χ1) is 9.25. The topological polar surface area (TPSA) is 12.0 Å². The minimum atomic E-state index is 0.703. The van der Waals surface area contributed by atoms with E-state index in [0.717, 1.165) is 18.5 Å². The van der Waals surface area contributed by atoms with Gasteiger partial charge in [-0.1, -0.05) is 63.4 Å². The molecule has 1 nitrogen and oxygen atoms in total. The van der Waals surface area contributed by atoms with E-state index in [-0.39, 0.29) is 0 Å². The molecule has 1 atom stereocenters. The first-order valence-electron chi connectivity index (χ1n) is 8.04. The number of hydrogen-bond donors (Lipinski definition) is 1. The van der Waals surface area contributed by atoms with Gasteiger partial charge < -0.3 is 5.32 Å². The Morgan fingerprint density at radius 2 is 1.74 bits per heavy atom. The lowest BCUT2D eigenvalue weighted by Gasteiger charge is -2.18. The van der Waals surface area contributed by atoms with E-state index in [1.165, 1.54) is 44.1 Å². The molecule has 0 aromatic heterocycles. The predicted octanol–water partition coefficient (Wildman–Crippen LogP) is 4.74. The molecule has 0 saturated heterocycles. The summed E-state index contributed by atoms with van der Waals surface area (Å²) in [6, 6.07) is 11.9. The third-order valence-corrected chi connectivity index (χ3v) is 4.09. The largest absolute Gasteiger partial charge is 0.313 e. The van der Waals surface area contributed by atoms with E-state index in [2.05, 4.69) is 49.5 Å². The Bertz CT molecular complexity index is 340. The van der Waals surface area contributed by atoms with Crippen LogP contribution in [0.1, 0.15) is 63.9 Å². The van der Waals surface area contributed by atoms with Crippen molar-refractivity contribution in [3.8, 4) is 0 Å². The number of rotatable bonds is 9. The quantitative estimate of drug-likeness (QED) is 0.632. The highest BCUT2D eigenvalue weighted by atomic mass is 14.9. The van der Waals surface area contributed by atoms with Crippen LogP contribution in [0, 0.1) is 5.92 Å². The van der Waals surface area contributed by atoms with Crippen LogP contribution in [0.5, 0.6) is 0 Å². The Morgan fingerprint density at radius 3 is 2.37 bits per heavy atom. The maximum atomic E-state index is 3.70. The fraction of sp³-hybridized carbons (Fsp3) is 0.667. The molecule has 1 unspecified atom stereocenters. The summed E-state index contributed by atoms with van der Waals surface area (Å²) >= 11 is 0. The van der Waals surface area contributed by atoms with Gasteiger partial charge in [-0.25, -0.2) is 0 Å². The van der Waals surface area contributed by atoms with Gasteiger partial charge in [0, 0.05) is 12.6 Å². The average Bonchev–Trinajstić information content (AvgIpc) is 3.23.